The van der Waals surface area contributed by atoms with Crippen molar-refractivity contribution >= 4 is 9.84 Å². The highest BCUT2D eigenvalue weighted by Crippen LogP contribution is 2.14. The van der Waals surface area contributed by atoms with Crippen LogP contribution in [-0.4, -0.2) is 50.5 Å². The van der Waals surface area contributed by atoms with Crippen LogP contribution in [0.15, 0.2) is 22.0 Å². The Morgan fingerprint density at radius 1 is 1.47 bits per heavy atom. The lowest BCUT2D eigenvalue weighted by Crippen LogP contribution is -2.40. The van der Waals surface area contributed by atoms with Gasteiger partial charge in [-0.25, -0.2) is 8.42 Å². The van der Waals surface area contributed by atoms with Gasteiger partial charge in [-0.15, -0.1) is 0 Å². The molecule has 0 bridgehead atoms. The van der Waals surface area contributed by atoms with Crippen molar-refractivity contribution in [1.82, 2.24) is 4.90 Å². The number of nitrogens with zero attached hydrogens (tertiary/aromatic N) is 3. The van der Waals surface area contributed by atoms with Crippen molar-refractivity contribution in [2.24, 2.45) is 10.2 Å². The van der Waals surface area contributed by atoms with Gasteiger partial charge in [0.15, 0.2) is 9.84 Å². The van der Waals surface area contributed by atoms with Crippen LogP contribution in [0.3, 0.4) is 0 Å². The highest BCUT2D eigenvalue weighted by atomic mass is 32.2. The van der Waals surface area contributed by atoms with Gasteiger partial charge in [-0.2, -0.15) is 10.2 Å². The lowest BCUT2D eigenvalue weighted by atomic mass is 10.3. The molecule has 84 valence electrons. The van der Waals surface area contributed by atoms with Crippen LogP contribution < -0.4 is 0 Å². The number of azo groups is 1. The van der Waals surface area contributed by atoms with Crippen molar-refractivity contribution in [3.8, 4) is 0 Å². The summed E-state index contributed by atoms with van der Waals surface area (Å²) in [5.41, 5.74) is 0.960. The molecule has 0 spiro atoms. The Bertz CT molecular complexity index is 386. The molecule has 0 aromatic rings. The predicted molar refractivity (Wildman–Crippen MR) is 57.5 cm³/mol. The predicted octanol–water partition coefficient (Wildman–Crippen LogP) is 0.455. The fraction of sp³-hybridized carbons (Fsp3) is 0.778. The summed E-state index contributed by atoms with van der Waals surface area (Å²) in [5.74, 6) is 0.542. The van der Waals surface area contributed by atoms with Gasteiger partial charge in [0.1, 0.15) is 0 Å². The van der Waals surface area contributed by atoms with E-state index in [4.69, 9.17) is 0 Å². The average Bonchev–Trinajstić information content (AvgIpc) is 2.55. The fourth-order valence-corrected chi connectivity index (χ4v) is 3.01. The highest BCUT2D eigenvalue weighted by molar-refractivity contribution is 7.91. The van der Waals surface area contributed by atoms with E-state index in [9.17, 15) is 8.42 Å². The average molecular weight is 229 g/mol. The van der Waals surface area contributed by atoms with E-state index in [1.165, 1.54) is 0 Å². The van der Waals surface area contributed by atoms with Crippen LogP contribution in [0.5, 0.6) is 0 Å². The first-order valence-corrected chi connectivity index (χ1v) is 6.92. The molecule has 0 aromatic carbocycles. The largest absolute Gasteiger partial charge is 0.295 e. The molecule has 1 unspecified atom stereocenters. The molecule has 2 aliphatic heterocycles. The summed E-state index contributed by atoms with van der Waals surface area (Å²) in [6.45, 7) is 3.94. The van der Waals surface area contributed by atoms with Crippen LogP contribution in [0.1, 0.15) is 6.92 Å². The van der Waals surface area contributed by atoms with Gasteiger partial charge in [-0.05, 0) is 13.0 Å². The van der Waals surface area contributed by atoms with Gasteiger partial charge in [0.05, 0.1) is 23.2 Å². The second-order valence-corrected chi connectivity index (χ2v) is 6.35. The molecule has 6 heteroatoms. The van der Waals surface area contributed by atoms with Crippen molar-refractivity contribution in [3.63, 3.8) is 0 Å². The van der Waals surface area contributed by atoms with E-state index in [2.05, 4.69) is 15.1 Å². The molecule has 0 aromatic heterocycles. The Morgan fingerprint density at radius 2 is 2.13 bits per heavy atom. The Kier molecular flexibility index (Phi) is 2.88. The zero-order chi connectivity index (χ0) is 10.9. The molecule has 2 rings (SSSR count). The van der Waals surface area contributed by atoms with E-state index in [-0.39, 0.29) is 17.5 Å². The first-order chi connectivity index (χ1) is 7.05. The maximum absolute atomic E-state index is 11.2. The molecule has 1 fully saturated rings. The summed E-state index contributed by atoms with van der Waals surface area (Å²) < 4.78 is 22.4. The third-order valence-corrected chi connectivity index (χ3v) is 4.23. The normalized spacial score (nSPS) is 30.5. The fourth-order valence-electron chi connectivity index (χ4n) is 1.73. The summed E-state index contributed by atoms with van der Waals surface area (Å²) in [6.07, 6.45) is 2.02. The van der Waals surface area contributed by atoms with Gasteiger partial charge in [0, 0.05) is 19.6 Å². The summed E-state index contributed by atoms with van der Waals surface area (Å²) in [5, 5.41) is 8.04. The molecule has 0 amide bonds. The molecule has 1 saturated heterocycles. The lowest BCUT2D eigenvalue weighted by Gasteiger charge is -2.25. The Labute approximate surface area is 89.8 Å². The van der Waals surface area contributed by atoms with Gasteiger partial charge in [-0.3, -0.25) is 4.90 Å². The van der Waals surface area contributed by atoms with E-state index >= 15 is 0 Å². The summed E-state index contributed by atoms with van der Waals surface area (Å²) in [4.78, 5) is 2.12. The number of hydrogen-bond acceptors (Lipinski definition) is 5. The van der Waals surface area contributed by atoms with Gasteiger partial charge in [0.2, 0.25) is 0 Å². The van der Waals surface area contributed by atoms with E-state index in [1.807, 2.05) is 13.0 Å². The zero-order valence-electron chi connectivity index (χ0n) is 8.76. The quantitative estimate of drug-likeness (QED) is 0.691. The highest BCUT2D eigenvalue weighted by Gasteiger charge is 2.22. The van der Waals surface area contributed by atoms with Crippen LogP contribution in [0.25, 0.3) is 0 Å². The number of rotatable bonds is 2. The maximum atomic E-state index is 11.2. The minimum absolute atomic E-state index is 0.175. The third-order valence-electron chi connectivity index (χ3n) is 2.62. The molecule has 5 nitrogen and oxygen atoms in total. The van der Waals surface area contributed by atoms with Crippen LogP contribution in [-0.2, 0) is 9.84 Å². The van der Waals surface area contributed by atoms with Gasteiger partial charge in [0.25, 0.3) is 0 Å². The molecule has 1 atom stereocenters. The van der Waals surface area contributed by atoms with Crippen molar-refractivity contribution in [2.75, 3.05) is 31.1 Å². The van der Waals surface area contributed by atoms with E-state index in [0.717, 1.165) is 12.2 Å². The Morgan fingerprint density at radius 3 is 2.67 bits per heavy atom. The second-order valence-electron chi connectivity index (χ2n) is 4.04. The molecule has 0 aliphatic carbocycles. The molecule has 0 radical (unpaired) electrons. The molecule has 2 heterocycles. The van der Waals surface area contributed by atoms with Crippen molar-refractivity contribution in [3.05, 3.63) is 11.8 Å². The molecular weight excluding hydrogens is 214 g/mol. The SMILES string of the molecule is CC1C=C(CN2CCS(=O)(=O)CC2)N=N1. The van der Waals surface area contributed by atoms with E-state index < -0.39 is 9.84 Å². The summed E-state index contributed by atoms with van der Waals surface area (Å²) in [7, 11) is -2.78. The second kappa shape index (κ2) is 4.02. The molecule has 15 heavy (non-hydrogen) atoms. The van der Waals surface area contributed by atoms with Gasteiger partial charge >= 0.3 is 0 Å². The summed E-state index contributed by atoms with van der Waals surface area (Å²) in [6, 6.07) is 0.175. The van der Waals surface area contributed by atoms with Crippen LogP contribution in [0.4, 0.5) is 0 Å². The first-order valence-electron chi connectivity index (χ1n) is 5.09. The standard InChI is InChI=1S/C9H15N3O2S/c1-8-6-9(11-10-8)7-12-2-4-15(13,14)5-3-12/h6,8H,2-5,7H2,1H3. The smallest absolute Gasteiger partial charge is 0.152 e. The van der Waals surface area contributed by atoms with E-state index in [0.29, 0.717) is 13.1 Å². The topological polar surface area (TPSA) is 62.1 Å². The minimum atomic E-state index is -2.78. The lowest BCUT2D eigenvalue weighted by molar-refractivity contribution is 0.319. The summed E-state index contributed by atoms with van der Waals surface area (Å²) >= 11 is 0. The number of hydrogen-bond donors (Lipinski definition) is 0. The number of sulfone groups is 1. The Hall–Kier alpha value is -0.750. The molecule has 0 saturated carbocycles. The van der Waals surface area contributed by atoms with Crippen molar-refractivity contribution in [1.29, 1.82) is 0 Å². The molecule has 0 N–H and O–H groups in total. The van der Waals surface area contributed by atoms with Gasteiger partial charge in [-0.1, -0.05) is 0 Å². The monoisotopic (exact) mass is 229 g/mol. The maximum Gasteiger partial charge on any atom is 0.152 e. The zero-order valence-corrected chi connectivity index (χ0v) is 9.57. The minimum Gasteiger partial charge on any atom is -0.295 e. The van der Waals surface area contributed by atoms with Crippen molar-refractivity contribution in [2.45, 2.75) is 13.0 Å². The van der Waals surface area contributed by atoms with Gasteiger partial charge < -0.3 is 0 Å². The van der Waals surface area contributed by atoms with Crippen LogP contribution in [0.2, 0.25) is 0 Å². The van der Waals surface area contributed by atoms with Crippen LogP contribution in [0, 0.1) is 0 Å². The molecule has 2 aliphatic rings. The van der Waals surface area contributed by atoms with Crippen molar-refractivity contribution < 1.29 is 8.42 Å². The van der Waals surface area contributed by atoms with Crippen LogP contribution >= 0.6 is 0 Å². The molecular formula is C9H15N3O2S. The Balaban J connectivity index is 1.88. The third kappa shape index (κ3) is 2.85. The first kappa shape index (κ1) is 10.8. The van der Waals surface area contributed by atoms with E-state index in [1.54, 1.807) is 0 Å².